The lowest BCUT2D eigenvalue weighted by Gasteiger charge is -2.36. The first kappa shape index (κ1) is 23.1. The number of non-ortho nitro benzene ring substituents is 1. The molecule has 0 aliphatic carbocycles. The molecular weight excluding hydrogens is 444 g/mol. The normalized spacial score (nSPS) is 16.6. The van der Waals surface area contributed by atoms with E-state index in [-0.39, 0.29) is 29.6 Å². The van der Waals surface area contributed by atoms with Crippen LogP contribution in [-0.4, -0.2) is 60.7 Å². The summed E-state index contributed by atoms with van der Waals surface area (Å²) in [7, 11) is -3.86. The van der Waals surface area contributed by atoms with E-state index in [1.807, 2.05) is 17.9 Å². The summed E-state index contributed by atoms with van der Waals surface area (Å²) in [6.45, 7) is 4.71. The van der Waals surface area contributed by atoms with E-state index in [1.54, 1.807) is 19.1 Å². The number of nitrogens with one attached hydrogen (secondary N) is 1. The summed E-state index contributed by atoms with van der Waals surface area (Å²) in [6.07, 6.45) is 0. The zero-order valence-corrected chi connectivity index (χ0v) is 18.7. The summed E-state index contributed by atoms with van der Waals surface area (Å²) < 4.78 is 27.0. The second kappa shape index (κ2) is 9.31. The third-order valence-electron chi connectivity index (χ3n) is 5.32. The van der Waals surface area contributed by atoms with Gasteiger partial charge in [-0.25, -0.2) is 8.42 Å². The Kier molecular flexibility index (Phi) is 6.95. The lowest BCUT2D eigenvalue weighted by molar-refractivity contribution is -0.385. The van der Waals surface area contributed by atoms with Gasteiger partial charge in [0, 0.05) is 49.0 Å². The number of carbonyl (C=O) groups is 1. The van der Waals surface area contributed by atoms with Gasteiger partial charge in [-0.05, 0) is 37.6 Å². The summed E-state index contributed by atoms with van der Waals surface area (Å²) >= 11 is 6.00. The number of carbonyl (C=O) groups excluding carboxylic acids is 1. The van der Waals surface area contributed by atoms with Crippen molar-refractivity contribution in [2.24, 2.45) is 0 Å². The van der Waals surface area contributed by atoms with Crippen LogP contribution < -0.4 is 5.32 Å². The number of hydrogen-bond acceptors (Lipinski definition) is 6. The van der Waals surface area contributed by atoms with Crippen molar-refractivity contribution in [1.29, 1.82) is 0 Å². The molecule has 9 nitrogen and oxygen atoms in total. The number of sulfonamides is 1. The summed E-state index contributed by atoms with van der Waals surface area (Å²) in [5.41, 5.74) is 1.25. The maximum absolute atomic E-state index is 12.9. The zero-order chi connectivity index (χ0) is 22.8. The third kappa shape index (κ3) is 5.21. The van der Waals surface area contributed by atoms with Crippen LogP contribution in [0, 0.1) is 17.0 Å². The van der Waals surface area contributed by atoms with Crippen LogP contribution in [0.3, 0.4) is 0 Å². The molecule has 0 bridgehead atoms. The Morgan fingerprint density at radius 1 is 1.16 bits per heavy atom. The highest BCUT2D eigenvalue weighted by atomic mass is 35.5. The molecule has 1 heterocycles. The second-order valence-electron chi connectivity index (χ2n) is 7.32. The van der Waals surface area contributed by atoms with E-state index in [1.165, 1.54) is 22.5 Å². The lowest BCUT2D eigenvalue weighted by Crippen LogP contribution is -2.53. The standard InChI is InChI=1S/C20H23ClN4O5S/c1-14-6-7-16(21)12-19(14)22-20(26)15(2)23-8-10-24(11-9-23)31(29,30)18-5-3-4-17(13-18)25(27)28/h3-7,12-13,15H,8-11H2,1-2H3,(H,22,26). The first-order valence-corrected chi connectivity index (χ1v) is 11.5. The van der Waals surface area contributed by atoms with Crippen LogP contribution in [0.5, 0.6) is 0 Å². The minimum absolute atomic E-state index is 0.114. The number of nitro groups is 1. The number of aryl methyl sites for hydroxylation is 1. The molecule has 1 N–H and O–H groups in total. The SMILES string of the molecule is Cc1ccc(Cl)cc1NC(=O)C(C)N1CCN(S(=O)(=O)c2cccc([N+](=O)[O-])c2)CC1. The van der Waals surface area contributed by atoms with Gasteiger partial charge in [-0.1, -0.05) is 23.7 Å². The summed E-state index contributed by atoms with van der Waals surface area (Å²) in [6, 6.07) is 9.79. The number of halogens is 1. The minimum atomic E-state index is -3.86. The van der Waals surface area contributed by atoms with Gasteiger partial charge < -0.3 is 5.32 Å². The molecule has 0 aromatic heterocycles. The van der Waals surface area contributed by atoms with Crippen LogP contribution in [-0.2, 0) is 14.8 Å². The Hall–Kier alpha value is -2.53. The minimum Gasteiger partial charge on any atom is -0.324 e. The molecule has 166 valence electrons. The van der Waals surface area contributed by atoms with Crippen molar-refractivity contribution in [2.75, 3.05) is 31.5 Å². The number of nitrogens with zero attached hydrogens (tertiary/aromatic N) is 3. The number of rotatable bonds is 6. The predicted octanol–water partition coefficient (Wildman–Crippen LogP) is 2.89. The average Bonchev–Trinajstić information content (AvgIpc) is 2.75. The Morgan fingerprint density at radius 3 is 2.48 bits per heavy atom. The zero-order valence-electron chi connectivity index (χ0n) is 17.1. The highest BCUT2D eigenvalue weighted by Crippen LogP contribution is 2.23. The van der Waals surface area contributed by atoms with Crippen LogP contribution in [0.25, 0.3) is 0 Å². The van der Waals surface area contributed by atoms with E-state index in [2.05, 4.69) is 5.32 Å². The number of anilines is 1. The van der Waals surface area contributed by atoms with Gasteiger partial charge in [0.05, 0.1) is 15.9 Å². The maximum Gasteiger partial charge on any atom is 0.270 e. The molecule has 2 aromatic rings. The fourth-order valence-corrected chi connectivity index (χ4v) is 5.00. The Balaban J connectivity index is 1.64. The molecular formula is C20H23ClN4O5S. The van der Waals surface area contributed by atoms with Gasteiger partial charge in [-0.15, -0.1) is 0 Å². The molecule has 1 unspecified atom stereocenters. The molecule has 1 saturated heterocycles. The van der Waals surface area contributed by atoms with E-state index in [9.17, 15) is 23.3 Å². The number of hydrogen-bond donors (Lipinski definition) is 1. The smallest absolute Gasteiger partial charge is 0.270 e. The van der Waals surface area contributed by atoms with Gasteiger partial charge in [0.2, 0.25) is 15.9 Å². The van der Waals surface area contributed by atoms with Crippen molar-refractivity contribution < 1.29 is 18.1 Å². The molecule has 0 spiro atoms. The highest BCUT2D eigenvalue weighted by Gasteiger charge is 2.32. The van der Waals surface area contributed by atoms with Crippen molar-refractivity contribution in [3.05, 3.63) is 63.2 Å². The molecule has 11 heteroatoms. The van der Waals surface area contributed by atoms with Crippen LogP contribution >= 0.6 is 11.6 Å². The largest absolute Gasteiger partial charge is 0.324 e. The number of nitro benzene ring substituents is 1. The molecule has 0 saturated carbocycles. The van der Waals surface area contributed by atoms with Crippen LogP contribution in [0.1, 0.15) is 12.5 Å². The van der Waals surface area contributed by atoms with Crippen molar-refractivity contribution in [3.63, 3.8) is 0 Å². The monoisotopic (exact) mass is 466 g/mol. The summed E-state index contributed by atoms with van der Waals surface area (Å²) in [5.74, 6) is -0.208. The molecule has 31 heavy (non-hydrogen) atoms. The predicted molar refractivity (Wildman–Crippen MR) is 118 cm³/mol. The molecule has 3 rings (SSSR count). The van der Waals surface area contributed by atoms with E-state index < -0.39 is 21.0 Å². The first-order chi connectivity index (χ1) is 14.6. The van der Waals surface area contributed by atoms with E-state index >= 15 is 0 Å². The second-order valence-corrected chi connectivity index (χ2v) is 9.69. The average molecular weight is 467 g/mol. The Labute approximate surface area is 185 Å². The molecule has 1 atom stereocenters. The first-order valence-electron chi connectivity index (χ1n) is 9.65. The molecule has 1 amide bonds. The van der Waals surface area contributed by atoms with Crippen molar-refractivity contribution in [2.45, 2.75) is 24.8 Å². The summed E-state index contributed by atoms with van der Waals surface area (Å²) in [4.78, 5) is 24.8. The fourth-order valence-electron chi connectivity index (χ4n) is 3.37. The summed E-state index contributed by atoms with van der Waals surface area (Å²) in [5, 5.41) is 14.3. The van der Waals surface area contributed by atoms with E-state index in [4.69, 9.17) is 11.6 Å². The quantitative estimate of drug-likeness (QED) is 0.517. The van der Waals surface area contributed by atoms with Crippen LogP contribution in [0.15, 0.2) is 47.4 Å². The third-order valence-corrected chi connectivity index (χ3v) is 7.45. The topological polar surface area (TPSA) is 113 Å². The maximum atomic E-state index is 12.9. The van der Waals surface area contributed by atoms with Crippen molar-refractivity contribution in [3.8, 4) is 0 Å². The Bertz CT molecular complexity index is 1100. The number of amides is 1. The molecule has 0 radical (unpaired) electrons. The van der Waals surface area contributed by atoms with Gasteiger partial charge >= 0.3 is 0 Å². The molecule has 2 aromatic carbocycles. The van der Waals surface area contributed by atoms with Crippen molar-refractivity contribution in [1.82, 2.24) is 9.21 Å². The fraction of sp³-hybridized carbons (Fsp3) is 0.350. The molecule has 1 fully saturated rings. The van der Waals surface area contributed by atoms with Gasteiger partial charge in [-0.3, -0.25) is 19.8 Å². The van der Waals surface area contributed by atoms with E-state index in [0.717, 1.165) is 11.6 Å². The van der Waals surface area contributed by atoms with Gasteiger partial charge in [0.15, 0.2) is 0 Å². The Morgan fingerprint density at radius 2 is 1.84 bits per heavy atom. The van der Waals surface area contributed by atoms with Crippen molar-refractivity contribution >= 4 is 38.9 Å². The van der Waals surface area contributed by atoms with Gasteiger partial charge in [0.25, 0.3) is 5.69 Å². The molecule has 1 aliphatic heterocycles. The van der Waals surface area contributed by atoms with Crippen LogP contribution in [0.2, 0.25) is 5.02 Å². The number of piperazine rings is 1. The van der Waals surface area contributed by atoms with Gasteiger partial charge in [0.1, 0.15) is 0 Å². The highest BCUT2D eigenvalue weighted by molar-refractivity contribution is 7.89. The molecule has 1 aliphatic rings. The van der Waals surface area contributed by atoms with E-state index in [0.29, 0.717) is 23.8 Å². The number of benzene rings is 2. The lowest BCUT2D eigenvalue weighted by atomic mass is 10.1. The van der Waals surface area contributed by atoms with Crippen LogP contribution in [0.4, 0.5) is 11.4 Å². The van der Waals surface area contributed by atoms with Gasteiger partial charge in [-0.2, -0.15) is 4.31 Å².